The van der Waals surface area contributed by atoms with Gasteiger partial charge in [0, 0.05) is 23.0 Å². The second kappa shape index (κ2) is 19.5. The van der Waals surface area contributed by atoms with Gasteiger partial charge in [-0.15, -0.1) is 0 Å². The minimum atomic E-state index is -4.16. The van der Waals surface area contributed by atoms with Crippen molar-refractivity contribution in [1.82, 2.24) is 15.5 Å². The molecule has 0 saturated heterocycles. The van der Waals surface area contributed by atoms with Crippen LogP contribution in [0.3, 0.4) is 0 Å². The Hall–Kier alpha value is -3.15. The van der Waals surface area contributed by atoms with Gasteiger partial charge in [0.15, 0.2) is 5.85 Å². The third-order valence-corrected chi connectivity index (χ3v) is 11.6. The van der Waals surface area contributed by atoms with Crippen molar-refractivity contribution in [2.45, 2.75) is 96.8 Å². The number of fused-ring (bicyclic) bond motifs is 1. The molecule has 4 unspecified atom stereocenters. The largest absolute Gasteiger partial charge is 0.491 e. The summed E-state index contributed by atoms with van der Waals surface area (Å²) in [6.07, 6.45) is 4.46. The number of halogens is 1. The molecular weight excluding hydrogens is 685 g/mol. The van der Waals surface area contributed by atoms with Crippen LogP contribution >= 0.6 is 19.2 Å². The van der Waals surface area contributed by atoms with Crippen LogP contribution in [0.25, 0.3) is 0 Å². The maximum atomic E-state index is 14.1. The zero-order chi connectivity index (χ0) is 36.1. The summed E-state index contributed by atoms with van der Waals surface area (Å²) in [5, 5.41) is 17.6. The summed E-state index contributed by atoms with van der Waals surface area (Å²) in [7, 11) is -4.16. The maximum absolute atomic E-state index is 14.1. The molecule has 4 rings (SSSR count). The van der Waals surface area contributed by atoms with Gasteiger partial charge in [0.25, 0.3) is 0 Å². The summed E-state index contributed by atoms with van der Waals surface area (Å²) in [5.41, 5.74) is 1.55. The second-order valence-corrected chi connectivity index (χ2v) is 15.5. The highest BCUT2D eigenvalue weighted by Crippen LogP contribution is 2.53. The number of benzene rings is 2. The number of rotatable bonds is 16. The van der Waals surface area contributed by atoms with Crippen LogP contribution in [0.15, 0.2) is 48.5 Å². The molecule has 1 fully saturated rings. The second-order valence-electron chi connectivity index (χ2n) is 12.9. The van der Waals surface area contributed by atoms with Crippen molar-refractivity contribution < 1.29 is 42.6 Å². The Labute approximate surface area is 300 Å². The molecule has 50 heavy (non-hydrogen) atoms. The van der Waals surface area contributed by atoms with Crippen LogP contribution in [-0.4, -0.2) is 72.2 Å². The quantitative estimate of drug-likeness (QED) is 0.166. The Morgan fingerprint density at radius 2 is 1.76 bits per heavy atom. The molecule has 3 N–H and O–H groups in total. The Balaban J connectivity index is 1.53. The first-order chi connectivity index (χ1) is 24.0. The molecule has 0 bridgehead atoms. The van der Waals surface area contributed by atoms with E-state index in [0.29, 0.717) is 42.5 Å². The number of nitrogens with one attached hydrogen (secondary N) is 2. The predicted octanol–water partition coefficient (Wildman–Crippen LogP) is 6.42. The van der Waals surface area contributed by atoms with Crippen LogP contribution < -0.4 is 15.4 Å². The lowest BCUT2D eigenvalue weighted by Crippen LogP contribution is -2.54. The normalized spacial score (nSPS) is 17.7. The third-order valence-electron chi connectivity index (χ3n) is 9.08. The van der Waals surface area contributed by atoms with Gasteiger partial charge in [0.1, 0.15) is 25.0 Å². The van der Waals surface area contributed by atoms with Gasteiger partial charge in [-0.1, -0.05) is 81.0 Å². The van der Waals surface area contributed by atoms with Gasteiger partial charge in [-0.05, 0) is 56.4 Å². The zero-order valence-corrected chi connectivity index (χ0v) is 30.8. The van der Waals surface area contributed by atoms with Crippen molar-refractivity contribution in [3.63, 3.8) is 0 Å². The molecule has 0 spiro atoms. The first-order valence-corrected chi connectivity index (χ1v) is 19.6. The van der Waals surface area contributed by atoms with Gasteiger partial charge in [0.05, 0.1) is 25.8 Å². The average molecular weight is 736 g/mol. The van der Waals surface area contributed by atoms with E-state index in [0.717, 1.165) is 37.7 Å². The molecule has 276 valence electrons. The fourth-order valence-corrected chi connectivity index (χ4v) is 8.51. The van der Waals surface area contributed by atoms with Gasteiger partial charge in [0.2, 0.25) is 11.8 Å². The molecule has 1 heterocycles. The van der Waals surface area contributed by atoms with Crippen LogP contribution in [0.4, 0.5) is 4.79 Å². The van der Waals surface area contributed by atoms with E-state index in [1.54, 1.807) is 49.9 Å². The minimum absolute atomic E-state index is 0.0129. The molecule has 0 radical (unpaired) electrons. The molecule has 12 nitrogen and oxygen atoms in total. The average Bonchev–Trinajstić information content (AvgIpc) is 3.33. The number of aliphatic hydroxyl groups is 1. The number of amides is 3. The summed E-state index contributed by atoms with van der Waals surface area (Å²) >= 11 is 6.07. The molecular formula is C36H51ClN3O9P. The first kappa shape index (κ1) is 39.6. The zero-order valence-electron chi connectivity index (χ0n) is 29.2. The molecule has 1 aliphatic heterocycles. The van der Waals surface area contributed by atoms with Crippen LogP contribution in [0.5, 0.6) is 5.75 Å². The number of hydrogen-bond acceptors (Lipinski definition) is 9. The SMILES string of the molecule is CCOP(=O)(OCC)C(O)C(CC(C)C(=O)N1CCOc2ccccc2C1)NC(=O)C(CC1CCCCC1)NC(=O)OCc1cccc(Cl)c1. The number of ether oxygens (including phenoxy) is 2. The smallest absolute Gasteiger partial charge is 0.408 e. The highest BCUT2D eigenvalue weighted by atomic mass is 35.5. The standard InChI is InChI=1S/C36H51ClN3O9P/c1-4-48-50(45,49-5-2)35(43)31(20-25(3)34(42)40-18-19-46-32-17-10-9-15-28(32)23-40)38-33(41)30(22-26-12-7-6-8-13-26)39-36(44)47-24-27-14-11-16-29(37)21-27/h9-11,14-17,21,25-26,30-31,35,43H,4-8,12-13,18-20,22-24H2,1-3H3,(H,38,41)(H,39,44). The lowest BCUT2D eigenvalue weighted by Gasteiger charge is -2.33. The van der Waals surface area contributed by atoms with Gasteiger partial charge < -0.3 is 39.2 Å². The van der Waals surface area contributed by atoms with Crippen molar-refractivity contribution in [2.24, 2.45) is 11.8 Å². The number of aliphatic hydroxyl groups excluding tert-OH is 1. The topological polar surface area (TPSA) is 153 Å². The molecule has 2 aliphatic rings. The number of para-hydroxylation sites is 1. The highest BCUT2D eigenvalue weighted by Gasteiger charge is 2.43. The number of hydrogen-bond donors (Lipinski definition) is 3. The van der Waals surface area contributed by atoms with E-state index in [4.69, 9.17) is 30.1 Å². The van der Waals surface area contributed by atoms with Crippen LogP contribution in [-0.2, 0) is 41.1 Å². The molecule has 1 saturated carbocycles. The van der Waals surface area contributed by atoms with Crippen molar-refractivity contribution in [3.05, 3.63) is 64.7 Å². The molecule has 4 atom stereocenters. The van der Waals surface area contributed by atoms with E-state index in [1.165, 1.54) is 0 Å². The van der Waals surface area contributed by atoms with E-state index in [2.05, 4.69) is 10.6 Å². The fourth-order valence-electron chi connectivity index (χ4n) is 6.56. The summed E-state index contributed by atoms with van der Waals surface area (Å²) < 4.78 is 36.0. The van der Waals surface area contributed by atoms with Crippen molar-refractivity contribution in [1.29, 1.82) is 0 Å². The molecule has 3 amide bonds. The Morgan fingerprint density at radius 3 is 2.46 bits per heavy atom. The monoisotopic (exact) mass is 735 g/mol. The number of alkyl carbamates (subject to hydrolysis) is 1. The molecule has 2 aromatic rings. The summed E-state index contributed by atoms with van der Waals surface area (Å²) in [6, 6.07) is 12.2. The van der Waals surface area contributed by atoms with Crippen molar-refractivity contribution >= 4 is 37.1 Å². The highest BCUT2D eigenvalue weighted by molar-refractivity contribution is 7.54. The van der Waals surface area contributed by atoms with E-state index < -0.39 is 43.4 Å². The number of carbonyl (C=O) groups is 3. The molecule has 1 aliphatic carbocycles. The Kier molecular flexibility index (Phi) is 15.4. The van der Waals surface area contributed by atoms with Gasteiger partial charge in [-0.25, -0.2) is 4.79 Å². The van der Waals surface area contributed by atoms with Crippen LogP contribution in [0.2, 0.25) is 5.02 Å². The molecule has 2 aromatic carbocycles. The number of carbonyl (C=O) groups excluding carboxylic acids is 3. The summed E-state index contributed by atoms with van der Waals surface area (Å²) in [5.74, 6) is -2.43. The summed E-state index contributed by atoms with van der Waals surface area (Å²) in [6.45, 7) is 5.85. The fraction of sp³-hybridized carbons (Fsp3) is 0.583. The van der Waals surface area contributed by atoms with Gasteiger partial charge in [-0.3, -0.25) is 14.2 Å². The summed E-state index contributed by atoms with van der Waals surface area (Å²) in [4.78, 5) is 42.6. The van der Waals surface area contributed by atoms with E-state index >= 15 is 0 Å². The molecule has 0 aromatic heterocycles. The first-order valence-electron chi connectivity index (χ1n) is 17.6. The van der Waals surface area contributed by atoms with Gasteiger partial charge in [-0.2, -0.15) is 0 Å². The van der Waals surface area contributed by atoms with Crippen molar-refractivity contribution in [2.75, 3.05) is 26.4 Å². The van der Waals surface area contributed by atoms with Crippen molar-refractivity contribution in [3.8, 4) is 5.75 Å². The minimum Gasteiger partial charge on any atom is -0.491 e. The van der Waals surface area contributed by atoms with Crippen LogP contribution in [0, 0.1) is 11.8 Å². The van der Waals surface area contributed by atoms with E-state index in [-0.39, 0.29) is 38.1 Å². The molecule has 14 heteroatoms. The van der Waals surface area contributed by atoms with Gasteiger partial charge >= 0.3 is 13.7 Å². The lowest BCUT2D eigenvalue weighted by molar-refractivity contribution is -0.137. The van der Waals surface area contributed by atoms with E-state index in [1.807, 2.05) is 24.3 Å². The Bertz CT molecular complexity index is 1460. The Morgan fingerprint density at radius 1 is 1.04 bits per heavy atom. The lowest BCUT2D eigenvalue weighted by atomic mass is 9.84. The predicted molar refractivity (Wildman–Crippen MR) is 190 cm³/mol. The number of nitrogens with zero attached hydrogens (tertiary/aromatic N) is 1. The van der Waals surface area contributed by atoms with E-state index in [9.17, 15) is 24.1 Å². The third kappa shape index (κ3) is 11.4. The maximum Gasteiger partial charge on any atom is 0.408 e. The van der Waals surface area contributed by atoms with Crippen LogP contribution in [0.1, 0.15) is 76.8 Å².